The molecule has 7 heteroatoms. The van der Waals surface area contributed by atoms with Crippen LogP contribution in [0, 0.1) is 0 Å². The maximum atomic E-state index is 12.4. The molecule has 7 nitrogen and oxygen atoms in total. The van der Waals surface area contributed by atoms with Gasteiger partial charge in [0.15, 0.2) is 5.78 Å². The second kappa shape index (κ2) is 8.77. The molecular weight excluding hydrogens is 358 g/mol. The molecule has 0 saturated carbocycles. The minimum atomic E-state index is -0.474. The Morgan fingerprint density at radius 2 is 1.82 bits per heavy atom. The third kappa shape index (κ3) is 4.91. The Morgan fingerprint density at radius 3 is 2.57 bits per heavy atom. The number of para-hydroxylation sites is 1. The van der Waals surface area contributed by atoms with Crippen molar-refractivity contribution in [2.24, 2.45) is 0 Å². The maximum absolute atomic E-state index is 12.4. The molecule has 0 bridgehead atoms. The van der Waals surface area contributed by atoms with Gasteiger partial charge in [-0.3, -0.25) is 14.4 Å². The topological polar surface area (TPSA) is 90.3 Å². The normalized spacial score (nSPS) is 10.3. The Balaban J connectivity index is 1.68. The molecule has 0 saturated heterocycles. The lowest BCUT2D eigenvalue weighted by molar-refractivity contribution is 0.100. The second-order valence-electron chi connectivity index (χ2n) is 6.03. The summed E-state index contributed by atoms with van der Waals surface area (Å²) in [4.78, 5) is 35.9. The summed E-state index contributed by atoms with van der Waals surface area (Å²) >= 11 is 0. The Morgan fingerprint density at radius 1 is 1.04 bits per heavy atom. The highest BCUT2D eigenvalue weighted by Crippen LogP contribution is 2.12. The molecule has 0 radical (unpaired) electrons. The second-order valence-corrected chi connectivity index (χ2v) is 6.03. The molecule has 28 heavy (non-hydrogen) atoms. The number of hydrogen-bond donors (Lipinski definition) is 1. The fourth-order valence-corrected chi connectivity index (χ4v) is 2.51. The fourth-order valence-electron chi connectivity index (χ4n) is 2.51. The molecule has 0 aliphatic rings. The predicted octanol–water partition coefficient (Wildman–Crippen LogP) is 2.78. The summed E-state index contributed by atoms with van der Waals surface area (Å²) in [7, 11) is 0. The minimum absolute atomic E-state index is 0.0903. The summed E-state index contributed by atoms with van der Waals surface area (Å²) in [6, 6.07) is 18.5. The van der Waals surface area contributed by atoms with Crippen LogP contribution < -0.4 is 15.6 Å². The van der Waals surface area contributed by atoms with Gasteiger partial charge in [0.25, 0.3) is 11.5 Å². The van der Waals surface area contributed by atoms with Crippen LogP contribution in [-0.2, 0) is 6.54 Å². The Kier molecular flexibility index (Phi) is 5.96. The van der Waals surface area contributed by atoms with Gasteiger partial charge in [0, 0.05) is 17.3 Å². The van der Waals surface area contributed by atoms with E-state index in [0.717, 1.165) is 0 Å². The Bertz CT molecular complexity index is 1040. The molecule has 0 unspecified atom stereocenters. The molecule has 0 spiro atoms. The van der Waals surface area contributed by atoms with Crippen LogP contribution in [0.4, 0.5) is 5.69 Å². The number of ether oxygens (including phenoxy) is 1. The van der Waals surface area contributed by atoms with Crippen LogP contribution in [-0.4, -0.2) is 28.1 Å². The van der Waals surface area contributed by atoms with Gasteiger partial charge in [-0.05, 0) is 37.3 Å². The minimum Gasteiger partial charge on any atom is -0.492 e. The highest BCUT2D eigenvalue weighted by molar-refractivity contribution is 6.03. The monoisotopic (exact) mass is 377 g/mol. The largest absolute Gasteiger partial charge is 0.492 e. The number of nitrogens with one attached hydrogen (secondary N) is 1. The molecule has 1 N–H and O–H groups in total. The van der Waals surface area contributed by atoms with E-state index in [1.165, 1.54) is 23.7 Å². The number of benzene rings is 2. The zero-order valence-electron chi connectivity index (χ0n) is 15.3. The average Bonchev–Trinajstić information content (AvgIpc) is 2.70. The number of aromatic nitrogens is 2. The lowest BCUT2D eigenvalue weighted by Gasteiger charge is -2.09. The predicted molar refractivity (Wildman–Crippen MR) is 105 cm³/mol. The number of anilines is 1. The van der Waals surface area contributed by atoms with Crippen molar-refractivity contribution in [2.75, 3.05) is 11.9 Å². The van der Waals surface area contributed by atoms with Crippen molar-refractivity contribution in [2.45, 2.75) is 13.5 Å². The Labute approximate surface area is 161 Å². The van der Waals surface area contributed by atoms with E-state index in [4.69, 9.17) is 4.74 Å². The SMILES string of the molecule is CC(=O)c1cccc(NC(=O)c2ccc(=O)n(CCOc3ccccc3)n2)c1. The molecule has 0 atom stereocenters. The maximum Gasteiger partial charge on any atom is 0.276 e. The van der Waals surface area contributed by atoms with E-state index in [0.29, 0.717) is 17.0 Å². The van der Waals surface area contributed by atoms with Gasteiger partial charge in [0.2, 0.25) is 0 Å². The van der Waals surface area contributed by atoms with Crippen molar-refractivity contribution in [3.63, 3.8) is 0 Å². The molecule has 0 fully saturated rings. The van der Waals surface area contributed by atoms with E-state index >= 15 is 0 Å². The summed E-state index contributed by atoms with van der Waals surface area (Å²) in [6.45, 7) is 1.90. The van der Waals surface area contributed by atoms with E-state index in [-0.39, 0.29) is 30.2 Å². The molecule has 2 aromatic carbocycles. The van der Waals surface area contributed by atoms with Gasteiger partial charge in [-0.1, -0.05) is 30.3 Å². The van der Waals surface area contributed by atoms with E-state index < -0.39 is 5.91 Å². The zero-order chi connectivity index (χ0) is 19.9. The van der Waals surface area contributed by atoms with Crippen LogP contribution in [0.1, 0.15) is 27.8 Å². The van der Waals surface area contributed by atoms with Crippen molar-refractivity contribution in [1.82, 2.24) is 9.78 Å². The van der Waals surface area contributed by atoms with Crippen molar-refractivity contribution in [3.8, 4) is 5.75 Å². The van der Waals surface area contributed by atoms with Gasteiger partial charge in [-0.25, -0.2) is 4.68 Å². The average molecular weight is 377 g/mol. The number of carbonyl (C=O) groups excluding carboxylic acids is 2. The Hall–Kier alpha value is -3.74. The molecule has 3 aromatic rings. The van der Waals surface area contributed by atoms with Crippen LogP contribution in [0.3, 0.4) is 0 Å². The molecular formula is C21H19N3O4. The first-order valence-electron chi connectivity index (χ1n) is 8.71. The fraction of sp³-hybridized carbons (Fsp3) is 0.143. The number of rotatable bonds is 7. The van der Waals surface area contributed by atoms with Gasteiger partial charge in [0.05, 0.1) is 6.54 Å². The van der Waals surface area contributed by atoms with Crippen molar-refractivity contribution < 1.29 is 14.3 Å². The highest BCUT2D eigenvalue weighted by Gasteiger charge is 2.11. The van der Waals surface area contributed by atoms with E-state index in [2.05, 4.69) is 10.4 Å². The lowest BCUT2D eigenvalue weighted by Crippen LogP contribution is -2.28. The highest BCUT2D eigenvalue weighted by atomic mass is 16.5. The van der Waals surface area contributed by atoms with Crippen molar-refractivity contribution in [1.29, 1.82) is 0 Å². The quantitative estimate of drug-likeness (QED) is 0.640. The number of ketones is 1. The van der Waals surface area contributed by atoms with E-state index in [1.807, 2.05) is 30.3 Å². The first-order valence-corrected chi connectivity index (χ1v) is 8.71. The number of carbonyl (C=O) groups is 2. The standard InChI is InChI=1S/C21H19N3O4/c1-15(25)16-6-5-7-17(14-16)22-21(27)19-10-11-20(26)24(23-19)12-13-28-18-8-3-2-4-9-18/h2-11,14H,12-13H2,1H3,(H,22,27). The first kappa shape index (κ1) is 19.0. The molecule has 0 aliphatic heterocycles. The lowest BCUT2D eigenvalue weighted by atomic mass is 10.1. The van der Waals surface area contributed by atoms with Crippen LogP contribution in [0.15, 0.2) is 71.5 Å². The van der Waals surface area contributed by atoms with Crippen LogP contribution in [0.5, 0.6) is 5.75 Å². The first-order chi connectivity index (χ1) is 13.5. The molecule has 0 aliphatic carbocycles. The summed E-state index contributed by atoms with van der Waals surface area (Å²) in [5, 5.41) is 6.78. The van der Waals surface area contributed by atoms with E-state index in [9.17, 15) is 14.4 Å². The number of amides is 1. The van der Waals surface area contributed by atoms with Gasteiger partial charge < -0.3 is 10.1 Å². The summed E-state index contributed by atoms with van der Waals surface area (Å²) < 4.78 is 6.75. The number of hydrogen-bond acceptors (Lipinski definition) is 5. The summed E-state index contributed by atoms with van der Waals surface area (Å²) in [6.07, 6.45) is 0. The van der Waals surface area contributed by atoms with Gasteiger partial charge in [-0.15, -0.1) is 0 Å². The third-order valence-electron chi connectivity index (χ3n) is 3.94. The van der Waals surface area contributed by atoms with Crippen molar-refractivity contribution in [3.05, 3.63) is 88.3 Å². The summed E-state index contributed by atoms with van der Waals surface area (Å²) in [5.41, 5.74) is 0.734. The third-order valence-corrected chi connectivity index (χ3v) is 3.94. The van der Waals surface area contributed by atoms with E-state index in [1.54, 1.807) is 24.3 Å². The zero-order valence-corrected chi connectivity index (χ0v) is 15.3. The smallest absolute Gasteiger partial charge is 0.276 e. The molecule has 142 valence electrons. The molecule has 3 rings (SSSR count). The van der Waals surface area contributed by atoms with Crippen molar-refractivity contribution >= 4 is 17.4 Å². The van der Waals surface area contributed by atoms with Gasteiger partial charge in [0.1, 0.15) is 18.1 Å². The van der Waals surface area contributed by atoms with Crippen LogP contribution in [0.25, 0.3) is 0 Å². The molecule has 1 aromatic heterocycles. The van der Waals surface area contributed by atoms with Gasteiger partial charge >= 0.3 is 0 Å². The summed E-state index contributed by atoms with van der Waals surface area (Å²) in [5.74, 6) is 0.120. The van der Waals surface area contributed by atoms with Crippen LogP contribution in [0.2, 0.25) is 0 Å². The van der Waals surface area contributed by atoms with Gasteiger partial charge in [-0.2, -0.15) is 5.10 Å². The number of Topliss-reactive ketones (excluding diaryl/α,β-unsaturated/α-hetero) is 1. The number of nitrogens with zero attached hydrogens (tertiary/aromatic N) is 2. The van der Waals surface area contributed by atoms with Crippen LogP contribution >= 0.6 is 0 Å². The molecule has 1 heterocycles. The molecule has 1 amide bonds.